The number of hydrogen-bond acceptors (Lipinski definition) is 2. The molecule has 15 heavy (non-hydrogen) atoms. The minimum absolute atomic E-state index is 0.286. The molecule has 2 amide bonds. The zero-order chi connectivity index (χ0) is 11.1. The summed E-state index contributed by atoms with van der Waals surface area (Å²) in [4.78, 5) is 15.2. The average molecular weight is 205 g/mol. The van der Waals surface area contributed by atoms with Gasteiger partial charge in [-0.15, -0.1) is 0 Å². The third-order valence-electron chi connectivity index (χ3n) is 1.60. The molecule has 0 aliphatic carbocycles. The van der Waals surface area contributed by atoms with Gasteiger partial charge in [-0.3, -0.25) is 5.32 Å². The summed E-state index contributed by atoms with van der Waals surface area (Å²) < 4.78 is 0. The smallest absolute Gasteiger partial charge is 0.315 e. The van der Waals surface area contributed by atoms with Gasteiger partial charge in [0.05, 0.1) is 0 Å². The largest absolute Gasteiger partial charge is 0.324 e. The van der Waals surface area contributed by atoms with E-state index < -0.39 is 0 Å². The molecule has 1 rings (SSSR count). The zero-order valence-electron chi connectivity index (χ0n) is 8.90. The molecule has 4 nitrogen and oxygen atoms in total. The van der Waals surface area contributed by atoms with Gasteiger partial charge in [-0.2, -0.15) is 0 Å². The maximum Gasteiger partial charge on any atom is 0.324 e. The molecular formula is C11H15N3O. The third-order valence-corrected chi connectivity index (χ3v) is 1.60. The molecule has 0 aromatic carbocycles. The molecule has 1 aromatic heterocycles. The highest BCUT2D eigenvalue weighted by Crippen LogP contribution is 1.98. The minimum atomic E-state index is -0.286. The first kappa shape index (κ1) is 11.2. The molecule has 2 N–H and O–H groups in total. The third kappa shape index (κ3) is 4.81. The summed E-state index contributed by atoms with van der Waals surface area (Å²) in [6.07, 6.45) is 5.15. The van der Waals surface area contributed by atoms with Crippen molar-refractivity contribution in [2.24, 2.45) is 5.92 Å². The normalized spacial score (nSPS) is 10.6. The second-order valence-corrected chi connectivity index (χ2v) is 3.42. The predicted octanol–water partition coefficient (Wildman–Crippen LogP) is 2.37. The average Bonchev–Trinajstić information content (AvgIpc) is 2.18. The maximum absolute atomic E-state index is 11.3. The Labute approximate surface area is 89.4 Å². The molecule has 80 valence electrons. The predicted molar refractivity (Wildman–Crippen MR) is 60.4 cm³/mol. The highest BCUT2D eigenvalue weighted by atomic mass is 16.2. The van der Waals surface area contributed by atoms with Crippen LogP contribution in [0.5, 0.6) is 0 Å². The van der Waals surface area contributed by atoms with Gasteiger partial charge >= 0.3 is 6.03 Å². The molecule has 0 unspecified atom stereocenters. The van der Waals surface area contributed by atoms with Crippen molar-refractivity contribution in [2.75, 3.05) is 5.32 Å². The summed E-state index contributed by atoms with van der Waals surface area (Å²) in [6, 6.07) is 5.05. The Balaban J connectivity index is 2.37. The Kier molecular flexibility index (Phi) is 4.34. The second-order valence-electron chi connectivity index (χ2n) is 3.42. The lowest BCUT2D eigenvalue weighted by Gasteiger charge is -2.02. The quantitative estimate of drug-likeness (QED) is 0.796. The fourth-order valence-corrected chi connectivity index (χ4v) is 0.905. The van der Waals surface area contributed by atoms with E-state index in [1.807, 2.05) is 26.0 Å². The lowest BCUT2D eigenvalue weighted by atomic mass is 10.2. The number of pyridine rings is 1. The highest BCUT2D eigenvalue weighted by Gasteiger charge is 1.98. The number of rotatable bonds is 3. The molecular weight excluding hydrogens is 190 g/mol. The van der Waals surface area contributed by atoms with Crippen LogP contribution in [0, 0.1) is 5.92 Å². The van der Waals surface area contributed by atoms with Gasteiger partial charge in [0.25, 0.3) is 0 Å². The van der Waals surface area contributed by atoms with Gasteiger partial charge in [-0.05, 0) is 18.1 Å². The number of hydrogen-bond donors (Lipinski definition) is 2. The summed E-state index contributed by atoms with van der Waals surface area (Å²) >= 11 is 0. The van der Waals surface area contributed by atoms with Crippen molar-refractivity contribution in [3.63, 3.8) is 0 Å². The minimum Gasteiger partial charge on any atom is -0.315 e. The first-order valence-corrected chi connectivity index (χ1v) is 4.83. The summed E-state index contributed by atoms with van der Waals surface area (Å²) in [5.74, 6) is 0.952. The molecule has 0 saturated heterocycles. The Morgan fingerprint density at radius 2 is 2.27 bits per heavy atom. The molecule has 0 fully saturated rings. The number of anilines is 1. The van der Waals surface area contributed by atoms with E-state index in [1.165, 1.54) is 0 Å². The van der Waals surface area contributed by atoms with Crippen molar-refractivity contribution in [2.45, 2.75) is 13.8 Å². The van der Waals surface area contributed by atoms with Crippen LogP contribution < -0.4 is 10.6 Å². The molecule has 0 saturated carbocycles. The number of aromatic nitrogens is 1. The van der Waals surface area contributed by atoms with E-state index in [0.717, 1.165) is 0 Å². The van der Waals surface area contributed by atoms with E-state index >= 15 is 0 Å². The fraction of sp³-hybridized carbons (Fsp3) is 0.273. The number of nitrogens with one attached hydrogen (secondary N) is 2. The Bertz CT molecular complexity index is 333. The van der Waals surface area contributed by atoms with Crippen LogP contribution in [0.25, 0.3) is 0 Å². The van der Waals surface area contributed by atoms with Gasteiger partial charge in [0.15, 0.2) is 0 Å². The van der Waals surface area contributed by atoms with Crippen molar-refractivity contribution < 1.29 is 4.79 Å². The first-order valence-electron chi connectivity index (χ1n) is 4.83. The lowest BCUT2D eigenvalue weighted by Crippen LogP contribution is -2.24. The van der Waals surface area contributed by atoms with Gasteiger partial charge < -0.3 is 5.32 Å². The topological polar surface area (TPSA) is 54.0 Å². The van der Waals surface area contributed by atoms with E-state index in [9.17, 15) is 4.79 Å². The molecule has 0 atom stereocenters. The van der Waals surface area contributed by atoms with Crippen LogP contribution in [-0.2, 0) is 0 Å². The van der Waals surface area contributed by atoms with Crippen molar-refractivity contribution in [1.29, 1.82) is 0 Å². The number of urea groups is 1. The lowest BCUT2D eigenvalue weighted by molar-refractivity contribution is 0.255. The van der Waals surface area contributed by atoms with Gasteiger partial charge in [-0.1, -0.05) is 26.0 Å². The van der Waals surface area contributed by atoms with Crippen molar-refractivity contribution in [3.05, 3.63) is 36.7 Å². The second kappa shape index (κ2) is 5.80. The molecule has 1 aromatic rings. The number of carbonyl (C=O) groups excluding carboxylic acids is 1. The van der Waals surface area contributed by atoms with Crippen LogP contribution in [0.2, 0.25) is 0 Å². The molecule has 0 radical (unpaired) electrons. The summed E-state index contributed by atoms with van der Waals surface area (Å²) in [6.45, 7) is 4.07. The van der Waals surface area contributed by atoms with Gasteiger partial charge in [0.2, 0.25) is 0 Å². The number of carbonyl (C=O) groups is 1. The molecule has 0 aliphatic rings. The van der Waals surface area contributed by atoms with E-state index in [4.69, 9.17) is 0 Å². The number of allylic oxidation sites excluding steroid dienone is 1. The highest BCUT2D eigenvalue weighted by molar-refractivity contribution is 5.88. The van der Waals surface area contributed by atoms with E-state index in [1.54, 1.807) is 24.5 Å². The van der Waals surface area contributed by atoms with Crippen LogP contribution in [0.4, 0.5) is 10.6 Å². The molecule has 1 heterocycles. The van der Waals surface area contributed by atoms with Gasteiger partial charge in [0.1, 0.15) is 5.82 Å². The Hall–Kier alpha value is -1.84. The van der Waals surface area contributed by atoms with Crippen molar-refractivity contribution in [1.82, 2.24) is 10.3 Å². The fourth-order valence-electron chi connectivity index (χ4n) is 0.905. The summed E-state index contributed by atoms with van der Waals surface area (Å²) in [7, 11) is 0. The van der Waals surface area contributed by atoms with Crippen LogP contribution >= 0.6 is 0 Å². The zero-order valence-corrected chi connectivity index (χ0v) is 8.90. The van der Waals surface area contributed by atoms with Crippen molar-refractivity contribution >= 4 is 11.8 Å². The summed E-state index contributed by atoms with van der Waals surface area (Å²) in [5.41, 5.74) is 0. The Morgan fingerprint density at radius 1 is 1.47 bits per heavy atom. The molecule has 4 heteroatoms. The maximum atomic E-state index is 11.3. The van der Waals surface area contributed by atoms with Crippen LogP contribution in [0.3, 0.4) is 0 Å². The van der Waals surface area contributed by atoms with E-state index in [0.29, 0.717) is 11.7 Å². The molecule has 0 bridgehead atoms. The van der Waals surface area contributed by atoms with Gasteiger partial charge in [-0.25, -0.2) is 9.78 Å². The van der Waals surface area contributed by atoms with Crippen LogP contribution in [0.15, 0.2) is 36.7 Å². The SMILES string of the molecule is CC(C)/C=C/NC(=O)Nc1ccccn1. The van der Waals surface area contributed by atoms with E-state index in [2.05, 4.69) is 15.6 Å². The number of amides is 2. The van der Waals surface area contributed by atoms with Crippen LogP contribution in [0.1, 0.15) is 13.8 Å². The van der Waals surface area contributed by atoms with Gasteiger partial charge in [0, 0.05) is 12.4 Å². The van der Waals surface area contributed by atoms with E-state index in [-0.39, 0.29) is 6.03 Å². The Morgan fingerprint density at radius 3 is 2.87 bits per heavy atom. The summed E-state index contributed by atoms with van der Waals surface area (Å²) in [5, 5.41) is 5.20. The standard InChI is InChI=1S/C11H15N3O/c1-9(2)6-8-13-11(15)14-10-5-3-4-7-12-10/h3-9H,1-2H3,(H2,12,13,14,15)/b8-6+. The molecule has 0 spiro atoms. The first-order chi connectivity index (χ1) is 7.18. The monoisotopic (exact) mass is 205 g/mol. The van der Waals surface area contributed by atoms with Crippen LogP contribution in [-0.4, -0.2) is 11.0 Å². The van der Waals surface area contributed by atoms with Crippen molar-refractivity contribution in [3.8, 4) is 0 Å². The molecule has 0 aliphatic heterocycles. The number of nitrogens with zero attached hydrogens (tertiary/aromatic N) is 1.